The van der Waals surface area contributed by atoms with E-state index in [1.54, 1.807) is 49.1 Å². The van der Waals surface area contributed by atoms with Gasteiger partial charge in [-0.1, -0.05) is 0 Å². The zero-order chi connectivity index (χ0) is 18.8. The van der Waals surface area contributed by atoms with Gasteiger partial charge in [0.1, 0.15) is 0 Å². The average Bonchev–Trinajstić information content (AvgIpc) is 2.68. The highest BCUT2D eigenvalue weighted by Gasteiger charge is 2.30. The summed E-state index contributed by atoms with van der Waals surface area (Å²) in [5.74, 6) is -2.09. The molecule has 2 aromatic heterocycles. The summed E-state index contributed by atoms with van der Waals surface area (Å²) < 4.78 is 0. The lowest BCUT2D eigenvalue weighted by atomic mass is 10.2. The lowest BCUT2D eigenvalue weighted by molar-refractivity contribution is -0.146. The van der Waals surface area contributed by atoms with Gasteiger partial charge in [0.25, 0.3) is 11.8 Å². The number of rotatable bonds is 7. The largest absolute Gasteiger partial charge is 0.380 e. The quantitative estimate of drug-likeness (QED) is 0.361. The van der Waals surface area contributed by atoms with Gasteiger partial charge >= 0.3 is 0 Å². The normalized spacial score (nSPS) is 13.5. The van der Waals surface area contributed by atoms with Gasteiger partial charge in [-0.15, -0.1) is 0 Å². The number of amides is 2. The Bertz CT molecular complexity index is 714. The molecule has 2 unspecified atom stereocenters. The smallest absolute Gasteiger partial charge is 0.272 e. The van der Waals surface area contributed by atoms with Crippen molar-refractivity contribution in [3.05, 3.63) is 60.2 Å². The van der Waals surface area contributed by atoms with E-state index in [0.717, 1.165) is 0 Å². The minimum absolute atomic E-state index is 0.665. The summed E-state index contributed by atoms with van der Waals surface area (Å²) >= 11 is 0. The van der Waals surface area contributed by atoms with E-state index in [9.17, 15) is 19.8 Å². The summed E-state index contributed by atoms with van der Waals surface area (Å²) in [6.45, 7) is 0. The van der Waals surface area contributed by atoms with Crippen LogP contribution >= 0.6 is 0 Å². The number of nitrogens with one attached hydrogen (secondary N) is 2. The first-order valence-corrected chi connectivity index (χ1v) is 7.40. The Labute approximate surface area is 148 Å². The fourth-order valence-corrected chi connectivity index (χ4v) is 1.66. The number of carbonyl (C=O) groups is 2. The first-order chi connectivity index (χ1) is 12.6. The van der Waals surface area contributed by atoms with Gasteiger partial charge in [-0.25, -0.2) is 10.9 Å². The predicted octanol–water partition coefficient (Wildman–Crippen LogP) is -1.20. The predicted molar refractivity (Wildman–Crippen MR) is 92.0 cm³/mol. The molecule has 0 bridgehead atoms. The summed E-state index contributed by atoms with van der Waals surface area (Å²) in [5, 5.41) is 26.6. The van der Waals surface area contributed by atoms with Crippen LogP contribution in [-0.4, -0.2) is 56.6 Å². The second kappa shape index (κ2) is 9.71. The number of aliphatic hydroxyl groups excluding tert-OH is 2. The molecular formula is C16H16N6O4. The molecule has 0 radical (unpaired) electrons. The minimum Gasteiger partial charge on any atom is -0.380 e. The van der Waals surface area contributed by atoms with Crippen molar-refractivity contribution in [2.24, 2.45) is 10.2 Å². The minimum atomic E-state index is -2.01. The Morgan fingerprint density at radius 1 is 0.808 bits per heavy atom. The van der Waals surface area contributed by atoms with Crippen molar-refractivity contribution >= 4 is 24.2 Å². The van der Waals surface area contributed by atoms with Crippen molar-refractivity contribution in [2.75, 3.05) is 0 Å². The van der Waals surface area contributed by atoms with E-state index >= 15 is 0 Å². The van der Waals surface area contributed by atoms with Gasteiger partial charge in [0.2, 0.25) is 0 Å². The lowest BCUT2D eigenvalue weighted by Crippen LogP contribution is -2.47. The fourth-order valence-electron chi connectivity index (χ4n) is 1.66. The number of hydrogen-bond acceptors (Lipinski definition) is 8. The molecule has 2 heterocycles. The van der Waals surface area contributed by atoms with Gasteiger partial charge in [0, 0.05) is 24.8 Å². The van der Waals surface area contributed by atoms with Crippen LogP contribution < -0.4 is 10.9 Å². The van der Waals surface area contributed by atoms with Crippen LogP contribution in [0, 0.1) is 0 Å². The van der Waals surface area contributed by atoms with E-state index in [1.807, 2.05) is 10.9 Å². The van der Waals surface area contributed by atoms with Crippen molar-refractivity contribution in [2.45, 2.75) is 12.2 Å². The number of hydrogen-bond donors (Lipinski definition) is 4. The third-order valence-corrected chi connectivity index (χ3v) is 3.03. The van der Waals surface area contributed by atoms with E-state index in [-0.39, 0.29) is 0 Å². The summed E-state index contributed by atoms with van der Waals surface area (Å²) in [4.78, 5) is 31.0. The van der Waals surface area contributed by atoms with Crippen molar-refractivity contribution in [3.8, 4) is 0 Å². The Morgan fingerprint density at radius 3 is 1.50 bits per heavy atom. The molecular weight excluding hydrogens is 340 g/mol. The maximum Gasteiger partial charge on any atom is 0.272 e. The van der Waals surface area contributed by atoms with E-state index in [0.29, 0.717) is 11.1 Å². The molecule has 0 aliphatic heterocycles. The second-order valence-corrected chi connectivity index (χ2v) is 4.92. The van der Waals surface area contributed by atoms with Crippen LogP contribution in [0.3, 0.4) is 0 Å². The molecule has 2 atom stereocenters. The second-order valence-electron chi connectivity index (χ2n) is 4.92. The molecule has 4 N–H and O–H groups in total. The Kier molecular flexibility index (Phi) is 7.04. The Hall–Kier alpha value is -3.50. The van der Waals surface area contributed by atoms with Crippen LogP contribution in [0.5, 0.6) is 0 Å². The molecule has 2 amide bonds. The molecule has 0 saturated carbocycles. The van der Waals surface area contributed by atoms with Gasteiger partial charge in [-0.2, -0.15) is 10.2 Å². The van der Waals surface area contributed by atoms with E-state index in [4.69, 9.17) is 0 Å². The zero-order valence-electron chi connectivity index (χ0n) is 13.4. The number of pyridine rings is 2. The molecule has 10 nitrogen and oxygen atoms in total. The number of carbonyl (C=O) groups excluding carboxylic acids is 2. The number of aliphatic hydroxyl groups is 2. The fraction of sp³-hybridized carbons (Fsp3) is 0.125. The summed E-state index contributed by atoms with van der Waals surface area (Å²) in [6, 6.07) is 6.59. The van der Waals surface area contributed by atoms with Crippen LogP contribution in [-0.2, 0) is 9.59 Å². The highest BCUT2D eigenvalue weighted by atomic mass is 16.3. The molecule has 26 heavy (non-hydrogen) atoms. The van der Waals surface area contributed by atoms with Crippen molar-refractivity contribution < 1.29 is 19.8 Å². The van der Waals surface area contributed by atoms with Crippen molar-refractivity contribution in [3.63, 3.8) is 0 Å². The highest BCUT2D eigenvalue weighted by molar-refractivity contribution is 5.91. The maximum atomic E-state index is 11.7. The van der Waals surface area contributed by atoms with Crippen LogP contribution in [0.15, 0.2) is 59.3 Å². The van der Waals surface area contributed by atoms with Crippen LogP contribution in [0.1, 0.15) is 11.1 Å². The average molecular weight is 356 g/mol. The van der Waals surface area contributed by atoms with Crippen LogP contribution in [0.25, 0.3) is 0 Å². The monoisotopic (exact) mass is 356 g/mol. The molecule has 134 valence electrons. The lowest BCUT2D eigenvalue weighted by Gasteiger charge is -2.14. The number of nitrogens with zero attached hydrogens (tertiary/aromatic N) is 4. The van der Waals surface area contributed by atoms with Crippen molar-refractivity contribution in [1.82, 2.24) is 20.8 Å². The topological polar surface area (TPSA) is 149 Å². The van der Waals surface area contributed by atoms with Crippen LogP contribution in [0.4, 0.5) is 0 Å². The first kappa shape index (κ1) is 18.8. The number of aromatic nitrogens is 2. The SMILES string of the molecule is O=C(N/N=C/c1ccncc1)C(O)C(O)C(=O)N/N=C/c1ccncc1. The van der Waals surface area contributed by atoms with Crippen LogP contribution in [0.2, 0.25) is 0 Å². The third kappa shape index (κ3) is 5.85. The Balaban J connectivity index is 1.82. The molecule has 0 aromatic carbocycles. The molecule has 0 aliphatic rings. The van der Waals surface area contributed by atoms with Gasteiger partial charge in [0.05, 0.1) is 12.4 Å². The van der Waals surface area contributed by atoms with E-state index in [2.05, 4.69) is 20.2 Å². The number of hydrazone groups is 2. The van der Waals surface area contributed by atoms with E-state index in [1.165, 1.54) is 12.4 Å². The molecule has 2 rings (SSSR count). The summed E-state index contributed by atoms with van der Waals surface area (Å²) in [6.07, 6.45) is 4.77. The standard InChI is InChI=1S/C16H16N6O4/c23-13(15(25)21-19-9-11-1-5-17-6-2-11)14(24)16(26)22-20-10-12-3-7-18-8-4-12/h1-10,13-14,23-24H,(H,21,25)(H,22,26)/b19-9+,20-10+. The van der Waals surface area contributed by atoms with Gasteiger partial charge in [-0.05, 0) is 35.4 Å². The van der Waals surface area contributed by atoms with Gasteiger partial charge in [0.15, 0.2) is 12.2 Å². The first-order valence-electron chi connectivity index (χ1n) is 7.40. The molecule has 0 aliphatic carbocycles. The Morgan fingerprint density at radius 2 is 1.15 bits per heavy atom. The highest BCUT2D eigenvalue weighted by Crippen LogP contribution is 1.96. The summed E-state index contributed by atoms with van der Waals surface area (Å²) in [7, 11) is 0. The summed E-state index contributed by atoms with van der Waals surface area (Å²) in [5.41, 5.74) is 5.38. The third-order valence-electron chi connectivity index (χ3n) is 3.03. The molecule has 0 spiro atoms. The molecule has 0 saturated heterocycles. The zero-order valence-corrected chi connectivity index (χ0v) is 13.4. The maximum absolute atomic E-state index is 11.7. The van der Waals surface area contributed by atoms with Gasteiger partial charge in [-0.3, -0.25) is 19.6 Å². The molecule has 0 fully saturated rings. The molecule has 10 heteroatoms. The van der Waals surface area contributed by atoms with Crippen molar-refractivity contribution in [1.29, 1.82) is 0 Å². The van der Waals surface area contributed by atoms with Gasteiger partial charge < -0.3 is 10.2 Å². The van der Waals surface area contributed by atoms with E-state index < -0.39 is 24.0 Å². The molecule has 2 aromatic rings.